The lowest BCUT2D eigenvalue weighted by Gasteiger charge is -2.12. The van der Waals surface area contributed by atoms with Crippen LogP contribution in [0.3, 0.4) is 0 Å². The molecule has 0 fully saturated rings. The van der Waals surface area contributed by atoms with Gasteiger partial charge in [-0.2, -0.15) is 0 Å². The molecule has 1 aromatic heterocycles. The van der Waals surface area contributed by atoms with Crippen LogP contribution >= 0.6 is 11.3 Å². The van der Waals surface area contributed by atoms with E-state index in [1.165, 1.54) is 0 Å². The molecule has 16 heavy (non-hydrogen) atoms. The Hall–Kier alpha value is -1.17. The Kier molecular flexibility index (Phi) is 4.23. The lowest BCUT2D eigenvalue weighted by molar-refractivity contribution is 0.542. The third kappa shape index (κ3) is 3.16. The van der Waals surface area contributed by atoms with Crippen molar-refractivity contribution in [1.82, 2.24) is 14.9 Å². The monoisotopic (exact) mass is 260 g/mol. The third-order valence-corrected chi connectivity index (χ3v) is 4.47. The second kappa shape index (κ2) is 5.25. The summed E-state index contributed by atoms with van der Waals surface area (Å²) in [7, 11) is -3.65. The fourth-order valence-electron chi connectivity index (χ4n) is 1.01. The average molecular weight is 260 g/mol. The summed E-state index contributed by atoms with van der Waals surface area (Å²) < 4.78 is 25.8. The number of terminal acetylenes is 1. The van der Waals surface area contributed by atoms with Crippen molar-refractivity contribution in [2.45, 2.75) is 30.1 Å². The fraction of sp³-hybridized carbons (Fsp3) is 0.500. The Labute approximate surface area is 98.3 Å². The SMILES string of the molecule is C#CCC(CC)NS(=O)(=O)c1nnc(N)s1. The van der Waals surface area contributed by atoms with Crippen molar-refractivity contribution in [2.75, 3.05) is 5.73 Å². The number of nitrogens with one attached hydrogen (secondary N) is 1. The number of nitrogens with two attached hydrogens (primary N) is 1. The smallest absolute Gasteiger partial charge is 0.270 e. The van der Waals surface area contributed by atoms with E-state index in [1.807, 2.05) is 6.92 Å². The van der Waals surface area contributed by atoms with E-state index in [4.69, 9.17) is 12.2 Å². The summed E-state index contributed by atoms with van der Waals surface area (Å²) in [5, 5.41) is 7.04. The van der Waals surface area contributed by atoms with Crippen LogP contribution in [0.5, 0.6) is 0 Å². The topological polar surface area (TPSA) is 98.0 Å². The van der Waals surface area contributed by atoms with Gasteiger partial charge < -0.3 is 5.73 Å². The minimum Gasteiger partial charge on any atom is -0.374 e. The molecule has 1 heterocycles. The highest BCUT2D eigenvalue weighted by atomic mass is 32.2. The van der Waals surface area contributed by atoms with Gasteiger partial charge in [0, 0.05) is 12.5 Å². The molecule has 0 amide bonds. The van der Waals surface area contributed by atoms with Gasteiger partial charge in [0.25, 0.3) is 10.0 Å². The summed E-state index contributed by atoms with van der Waals surface area (Å²) in [5.74, 6) is 2.41. The number of nitrogens with zero attached hydrogens (tertiary/aromatic N) is 2. The molecule has 0 radical (unpaired) electrons. The van der Waals surface area contributed by atoms with Gasteiger partial charge >= 0.3 is 0 Å². The lowest BCUT2D eigenvalue weighted by Crippen LogP contribution is -2.34. The van der Waals surface area contributed by atoms with Crippen molar-refractivity contribution in [3.05, 3.63) is 0 Å². The van der Waals surface area contributed by atoms with Crippen LogP contribution in [-0.2, 0) is 10.0 Å². The van der Waals surface area contributed by atoms with Gasteiger partial charge in [-0.25, -0.2) is 13.1 Å². The van der Waals surface area contributed by atoms with Crippen LogP contribution in [0.15, 0.2) is 4.34 Å². The molecular formula is C8H12N4O2S2. The van der Waals surface area contributed by atoms with Gasteiger partial charge in [0.05, 0.1) is 0 Å². The second-order valence-electron chi connectivity index (χ2n) is 3.04. The van der Waals surface area contributed by atoms with Crippen LogP contribution in [0.4, 0.5) is 5.13 Å². The summed E-state index contributed by atoms with van der Waals surface area (Å²) in [4.78, 5) is 0. The van der Waals surface area contributed by atoms with Crippen molar-refractivity contribution in [3.63, 3.8) is 0 Å². The Morgan fingerprint density at radius 2 is 2.31 bits per heavy atom. The molecule has 1 aromatic rings. The molecule has 1 unspecified atom stereocenters. The summed E-state index contributed by atoms with van der Waals surface area (Å²) in [6.07, 6.45) is 6.08. The standard InChI is InChI=1S/C8H12N4O2S2/c1-3-5-6(4-2)12-16(13,14)8-11-10-7(9)15-8/h1,6,12H,4-5H2,2H3,(H2,9,10). The first kappa shape index (κ1) is 12.9. The average Bonchev–Trinajstić information content (AvgIpc) is 2.64. The third-order valence-electron chi connectivity index (χ3n) is 1.83. The number of hydrogen-bond donors (Lipinski definition) is 2. The van der Waals surface area contributed by atoms with E-state index < -0.39 is 10.0 Å². The number of sulfonamides is 1. The molecule has 0 saturated heterocycles. The van der Waals surface area contributed by atoms with Crippen LogP contribution in [-0.4, -0.2) is 24.7 Å². The van der Waals surface area contributed by atoms with Gasteiger partial charge in [-0.15, -0.1) is 22.5 Å². The predicted molar refractivity (Wildman–Crippen MR) is 62.2 cm³/mol. The lowest BCUT2D eigenvalue weighted by atomic mass is 10.2. The van der Waals surface area contributed by atoms with Gasteiger partial charge in [0.1, 0.15) is 0 Å². The second-order valence-corrected chi connectivity index (χ2v) is 5.94. The van der Waals surface area contributed by atoms with E-state index in [0.29, 0.717) is 12.8 Å². The molecule has 6 nitrogen and oxygen atoms in total. The quantitative estimate of drug-likeness (QED) is 0.737. The van der Waals surface area contributed by atoms with Crippen LogP contribution in [0.25, 0.3) is 0 Å². The fourth-order valence-corrected chi connectivity index (χ4v) is 3.13. The number of anilines is 1. The molecule has 0 aliphatic rings. The molecule has 1 rings (SSSR count). The Balaban J connectivity index is 2.83. The minimum absolute atomic E-state index is 0.116. The molecule has 88 valence electrons. The Bertz CT molecular complexity index is 488. The zero-order chi connectivity index (χ0) is 12.2. The van der Waals surface area contributed by atoms with Gasteiger partial charge in [0.2, 0.25) is 9.47 Å². The molecule has 8 heteroatoms. The number of aromatic nitrogens is 2. The summed E-state index contributed by atoms with van der Waals surface area (Å²) in [6, 6.07) is -0.292. The molecule has 0 aromatic carbocycles. The maximum Gasteiger partial charge on any atom is 0.270 e. The Morgan fingerprint density at radius 3 is 2.75 bits per heavy atom. The van der Waals surface area contributed by atoms with Crippen molar-refractivity contribution < 1.29 is 8.42 Å². The molecule has 0 bridgehead atoms. The summed E-state index contributed by atoms with van der Waals surface area (Å²) >= 11 is 0.819. The maximum absolute atomic E-state index is 11.8. The van der Waals surface area contributed by atoms with Gasteiger partial charge in [-0.05, 0) is 6.42 Å². The van der Waals surface area contributed by atoms with E-state index in [9.17, 15) is 8.42 Å². The molecule has 0 aliphatic heterocycles. The van der Waals surface area contributed by atoms with Crippen molar-refractivity contribution >= 4 is 26.5 Å². The van der Waals surface area contributed by atoms with E-state index in [1.54, 1.807) is 0 Å². The molecular weight excluding hydrogens is 248 g/mol. The Morgan fingerprint density at radius 1 is 1.62 bits per heavy atom. The van der Waals surface area contributed by atoms with Crippen molar-refractivity contribution in [1.29, 1.82) is 0 Å². The van der Waals surface area contributed by atoms with Gasteiger partial charge in [-0.1, -0.05) is 18.3 Å². The van der Waals surface area contributed by atoms with Gasteiger partial charge in [-0.3, -0.25) is 0 Å². The van der Waals surface area contributed by atoms with E-state index in [2.05, 4.69) is 20.8 Å². The van der Waals surface area contributed by atoms with Crippen molar-refractivity contribution in [3.8, 4) is 12.3 Å². The van der Waals surface area contributed by atoms with Gasteiger partial charge in [0.15, 0.2) is 0 Å². The maximum atomic E-state index is 11.8. The molecule has 0 spiro atoms. The normalized spacial score (nSPS) is 13.2. The van der Waals surface area contributed by atoms with Crippen LogP contribution < -0.4 is 10.5 Å². The number of hydrogen-bond acceptors (Lipinski definition) is 6. The molecule has 1 atom stereocenters. The highest BCUT2D eigenvalue weighted by molar-refractivity contribution is 7.91. The van der Waals surface area contributed by atoms with E-state index >= 15 is 0 Å². The van der Waals surface area contributed by atoms with Crippen molar-refractivity contribution in [2.24, 2.45) is 0 Å². The molecule has 0 saturated carbocycles. The first-order chi connectivity index (χ1) is 7.49. The first-order valence-corrected chi connectivity index (χ1v) is 6.84. The zero-order valence-electron chi connectivity index (χ0n) is 8.67. The first-order valence-electron chi connectivity index (χ1n) is 4.54. The molecule has 3 N–H and O–H groups in total. The predicted octanol–water partition coefficient (Wildman–Crippen LogP) is 0.200. The number of rotatable bonds is 5. The van der Waals surface area contributed by atoms with E-state index in [-0.39, 0.29) is 15.5 Å². The minimum atomic E-state index is -3.65. The highest BCUT2D eigenvalue weighted by Gasteiger charge is 2.22. The zero-order valence-corrected chi connectivity index (χ0v) is 10.3. The number of nitrogen functional groups attached to an aromatic ring is 1. The largest absolute Gasteiger partial charge is 0.374 e. The van der Waals surface area contributed by atoms with Crippen LogP contribution in [0.1, 0.15) is 19.8 Å². The van der Waals surface area contributed by atoms with Crippen LogP contribution in [0.2, 0.25) is 0 Å². The highest BCUT2D eigenvalue weighted by Crippen LogP contribution is 2.17. The summed E-state index contributed by atoms with van der Waals surface area (Å²) in [5.41, 5.74) is 5.32. The van der Waals surface area contributed by atoms with E-state index in [0.717, 1.165) is 11.3 Å². The molecule has 0 aliphatic carbocycles. The van der Waals surface area contributed by atoms with Crippen LogP contribution in [0, 0.1) is 12.3 Å². The summed E-state index contributed by atoms with van der Waals surface area (Å²) in [6.45, 7) is 1.85.